The van der Waals surface area contributed by atoms with Crippen molar-refractivity contribution in [3.63, 3.8) is 0 Å². The fourth-order valence-corrected chi connectivity index (χ4v) is 1.30. The van der Waals surface area contributed by atoms with Crippen LogP contribution in [0.15, 0.2) is 0 Å². The van der Waals surface area contributed by atoms with Crippen molar-refractivity contribution in [1.29, 1.82) is 0 Å². The highest BCUT2D eigenvalue weighted by molar-refractivity contribution is 8.07. The lowest BCUT2D eigenvalue weighted by atomic mass is 10.5. The maximum absolute atomic E-state index is 10.5. The van der Waals surface area contributed by atoms with Gasteiger partial charge in [0, 0.05) is 0 Å². The molecule has 0 radical (unpaired) electrons. The number of imide groups is 1. The first-order valence-electron chi connectivity index (χ1n) is 2.40. The lowest BCUT2D eigenvalue weighted by Gasteiger charge is -1.85. The van der Waals surface area contributed by atoms with Gasteiger partial charge in [-0.15, -0.1) is 0 Å². The lowest BCUT2D eigenvalue weighted by Crippen LogP contribution is -2.22. The van der Waals surface area contributed by atoms with Gasteiger partial charge in [0.1, 0.15) is 0 Å². The SMILES string of the molecule is CC1C(=O)NC(=O)[S+]1O. The summed E-state index contributed by atoms with van der Waals surface area (Å²) in [7, 11) is 0. The molecule has 2 atom stereocenters. The Kier molecular flexibility index (Phi) is 1.46. The molecule has 1 aliphatic rings. The largest absolute Gasteiger partial charge is 0.471 e. The molecule has 0 aromatic rings. The third-order valence-electron chi connectivity index (χ3n) is 1.12. The maximum atomic E-state index is 10.5. The topological polar surface area (TPSA) is 66.4 Å². The highest BCUT2D eigenvalue weighted by Gasteiger charge is 2.49. The fourth-order valence-electron chi connectivity index (χ4n) is 0.516. The van der Waals surface area contributed by atoms with Crippen LogP contribution in [0, 0.1) is 0 Å². The molecule has 4 nitrogen and oxygen atoms in total. The second kappa shape index (κ2) is 2.00. The van der Waals surface area contributed by atoms with Crippen LogP contribution < -0.4 is 5.32 Å². The highest BCUT2D eigenvalue weighted by Crippen LogP contribution is 2.09. The standard InChI is InChI=1S/C4H5NO3S/c1-2-3(6)5-4(7)9(2)8/h2,8H,1H3/p+1. The van der Waals surface area contributed by atoms with Crippen LogP contribution in [-0.4, -0.2) is 20.9 Å². The Bertz CT molecular complexity index is 151. The summed E-state index contributed by atoms with van der Waals surface area (Å²) < 4.78 is 8.83. The van der Waals surface area contributed by atoms with Crippen molar-refractivity contribution < 1.29 is 14.1 Å². The van der Waals surface area contributed by atoms with Crippen molar-refractivity contribution in [2.75, 3.05) is 0 Å². The summed E-state index contributed by atoms with van der Waals surface area (Å²) in [5, 5.41) is 0.880. The average molecular weight is 148 g/mol. The van der Waals surface area contributed by atoms with E-state index in [9.17, 15) is 9.59 Å². The molecule has 0 aliphatic carbocycles. The van der Waals surface area contributed by atoms with Gasteiger partial charge in [0.2, 0.25) is 5.25 Å². The van der Waals surface area contributed by atoms with Gasteiger partial charge in [0.05, 0.1) is 0 Å². The number of hydrogen-bond acceptors (Lipinski definition) is 3. The zero-order valence-electron chi connectivity index (χ0n) is 4.75. The fraction of sp³-hybridized carbons (Fsp3) is 0.500. The van der Waals surface area contributed by atoms with Crippen LogP contribution in [0.5, 0.6) is 0 Å². The molecule has 0 saturated carbocycles. The molecule has 5 heteroatoms. The number of amides is 2. The van der Waals surface area contributed by atoms with E-state index in [1.165, 1.54) is 6.92 Å². The smallest absolute Gasteiger partial charge is 0.268 e. The molecule has 9 heavy (non-hydrogen) atoms. The molecule has 1 rings (SSSR count). The van der Waals surface area contributed by atoms with E-state index in [0.717, 1.165) is 0 Å². The van der Waals surface area contributed by atoms with Crippen molar-refractivity contribution in [3.05, 3.63) is 0 Å². The Morgan fingerprint density at radius 1 is 1.67 bits per heavy atom. The first-order chi connectivity index (χ1) is 4.13. The third kappa shape index (κ3) is 0.927. The van der Waals surface area contributed by atoms with Gasteiger partial charge >= 0.3 is 5.24 Å². The minimum atomic E-state index is -1.39. The summed E-state index contributed by atoms with van der Waals surface area (Å²) in [6.07, 6.45) is 0. The monoisotopic (exact) mass is 148 g/mol. The highest BCUT2D eigenvalue weighted by atomic mass is 32.2. The van der Waals surface area contributed by atoms with Crippen molar-refractivity contribution in [2.24, 2.45) is 0 Å². The normalized spacial score (nSPS) is 34.9. The molecule has 1 saturated heterocycles. The van der Waals surface area contributed by atoms with E-state index in [1.807, 2.05) is 5.32 Å². The van der Waals surface area contributed by atoms with Crippen molar-refractivity contribution in [2.45, 2.75) is 12.2 Å². The predicted octanol–water partition coefficient (Wildman–Crippen LogP) is -0.284. The number of hydrogen-bond donors (Lipinski definition) is 2. The lowest BCUT2D eigenvalue weighted by molar-refractivity contribution is -0.118. The molecule has 1 heterocycles. The first-order valence-corrected chi connectivity index (χ1v) is 3.64. The van der Waals surface area contributed by atoms with Crippen LogP contribution in [0.2, 0.25) is 0 Å². The van der Waals surface area contributed by atoms with Gasteiger partial charge in [-0.25, -0.2) is 10.1 Å². The van der Waals surface area contributed by atoms with E-state index in [-0.39, 0.29) is 5.91 Å². The Hall–Kier alpha value is -0.550. The van der Waals surface area contributed by atoms with Crippen LogP contribution in [0.4, 0.5) is 4.79 Å². The summed E-state index contributed by atoms with van der Waals surface area (Å²) in [5.41, 5.74) is 0. The van der Waals surface area contributed by atoms with E-state index in [4.69, 9.17) is 4.55 Å². The Morgan fingerprint density at radius 2 is 2.22 bits per heavy atom. The molecule has 0 bridgehead atoms. The van der Waals surface area contributed by atoms with Crippen LogP contribution in [0.25, 0.3) is 0 Å². The summed E-state index contributed by atoms with van der Waals surface area (Å²) in [4.78, 5) is 20.9. The number of carbonyl (C=O) groups excluding carboxylic acids is 2. The molecule has 2 N–H and O–H groups in total. The summed E-state index contributed by atoms with van der Waals surface area (Å²) in [5.74, 6) is -0.383. The molecule has 50 valence electrons. The summed E-state index contributed by atoms with van der Waals surface area (Å²) in [6.45, 7) is 1.52. The van der Waals surface area contributed by atoms with Crippen LogP contribution in [0.1, 0.15) is 6.92 Å². The van der Waals surface area contributed by atoms with Gasteiger partial charge in [-0.1, -0.05) is 0 Å². The molecule has 2 unspecified atom stereocenters. The van der Waals surface area contributed by atoms with E-state index in [1.54, 1.807) is 0 Å². The Labute approximate surface area is 54.8 Å². The minimum absolute atomic E-state index is 0.383. The number of rotatable bonds is 0. The maximum Gasteiger partial charge on any atom is 0.471 e. The van der Waals surface area contributed by atoms with Crippen molar-refractivity contribution >= 4 is 22.3 Å². The zero-order valence-corrected chi connectivity index (χ0v) is 5.57. The molecular weight excluding hydrogens is 142 g/mol. The van der Waals surface area contributed by atoms with Crippen molar-refractivity contribution in [3.8, 4) is 0 Å². The number of carbonyl (C=O) groups is 2. The molecule has 0 aromatic heterocycles. The van der Waals surface area contributed by atoms with Crippen LogP contribution in [-0.2, 0) is 16.0 Å². The van der Waals surface area contributed by atoms with Crippen molar-refractivity contribution in [1.82, 2.24) is 5.32 Å². The van der Waals surface area contributed by atoms with Gasteiger partial charge in [-0.3, -0.25) is 4.79 Å². The van der Waals surface area contributed by atoms with E-state index in [0.29, 0.717) is 0 Å². The third-order valence-corrected chi connectivity index (χ3v) is 2.49. The van der Waals surface area contributed by atoms with E-state index in [2.05, 4.69) is 0 Å². The van der Waals surface area contributed by atoms with Crippen LogP contribution in [0.3, 0.4) is 0 Å². The van der Waals surface area contributed by atoms with Gasteiger partial charge in [-0.2, -0.15) is 4.55 Å². The zero-order chi connectivity index (χ0) is 7.02. The second-order valence-electron chi connectivity index (χ2n) is 1.73. The van der Waals surface area contributed by atoms with Gasteiger partial charge in [0.25, 0.3) is 17.1 Å². The van der Waals surface area contributed by atoms with E-state index >= 15 is 0 Å². The molecule has 0 aromatic carbocycles. The Morgan fingerprint density at radius 3 is 2.33 bits per heavy atom. The Balaban J connectivity index is 2.77. The summed E-state index contributed by atoms with van der Waals surface area (Å²) >= 11 is -1.39. The molecule has 1 fully saturated rings. The quantitative estimate of drug-likeness (QED) is 0.464. The number of nitrogens with one attached hydrogen (secondary N) is 1. The predicted molar refractivity (Wildman–Crippen MR) is 33.0 cm³/mol. The molecular formula is C4H6NO3S+. The minimum Gasteiger partial charge on any atom is -0.268 e. The van der Waals surface area contributed by atoms with Gasteiger partial charge in [-0.05, 0) is 6.92 Å². The molecule has 2 amide bonds. The summed E-state index contributed by atoms with van der Waals surface area (Å²) in [6, 6.07) is 0. The first kappa shape index (κ1) is 6.57. The molecule has 1 aliphatic heterocycles. The van der Waals surface area contributed by atoms with Gasteiger partial charge in [0.15, 0.2) is 0 Å². The van der Waals surface area contributed by atoms with E-state index < -0.39 is 21.7 Å². The second-order valence-corrected chi connectivity index (χ2v) is 3.44. The average Bonchev–Trinajstić information content (AvgIpc) is 1.98. The van der Waals surface area contributed by atoms with Gasteiger partial charge < -0.3 is 0 Å². The molecule has 0 spiro atoms. The van der Waals surface area contributed by atoms with Crippen LogP contribution >= 0.6 is 0 Å².